The average Bonchev–Trinajstić information content (AvgIpc) is 2.90. The van der Waals surface area contributed by atoms with Crippen LogP contribution in [0.25, 0.3) is 0 Å². The molecule has 0 aromatic carbocycles. The van der Waals surface area contributed by atoms with Crippen molar-refractivity contribution in [3.8, 4) is 0 Å². The number of hydrogen-bond donors (Lipinski definition) is 1. The lowest BCUT2D eigenvalue weighted by Gasteiger charge is -2.41. The third-order valence-electron chi connectivity index (χ3n) is 6.24. The first kappa shape index (κ1) is 15.8. The van der Waals surface area contributed by atoms with E-state index in [4.69, 9.17) is 4.74 Å². The molecule has 3 aliphatic rings. The second-order valence-corrected chi connectivity index (χ2v) is 7.67. The SMILES string of the molecule is CCC(C)C1CNCCN1CC1CCC2(CCCCC2)O1. The average molecular weight is 294 g/mol. The Morgan fingerprint density at radius 1 is 1.24 bits per heavy atom. The first-order valence-corrected chi connectivity index (χ1v) is 9.35. The molecule has 0 aromatic rings. The number of piperazine rings is 1. The van der Waals surface area contributed by atoms with Gasteiger partial charge in [0.25, 0.3) is 0 Å². The number of ether oxygens (including phenoxy) is 1. The van der Waals surface area contributed by atoms with Crippen molar-refractivity contribution in [3.63, 3.8) is 0 Å². The zero-order chi connectivity index (χ0) is 14.7. The molecule has 2 heterocycles. The van der Waals surface area contributed by atoms with E-state index >= 15 is 0 Å². The van der Waals surface area contributed by atoms with Gasteiger partial charge in [0.2, 0.25) is 0 Å². The van der Waals surface area contributed by atoms with Crippen LogP contribution in [0.1, 0.15) is 65.2 Å². The predicted octanol–water partition coefficient (Wildman–Crippen LogP) is 3.19. The van der Waals surface area contributed by atoms with E-state index in [9.17, 15) is 0 Å². The van der Waals surface area contributed by atoms with E-state index in [0.29, 0.717) is 12.1 Å². The van der Waals surface area contributed by atoms with Gasteiger partial charge in [-0.2, -0.15) is 0 Å². The standard InChI is InChI=1S/C18H34N2O/c1-3-15(2)17-13-19-11-12-20(17)14-16-7-10-18(21-16)8-5-4-6-9-18/h15-17,19H,3-14H2,1-2H3. The molecule has 3 fully saturated rings. The van der Waals surface area contributed by atoms with Crippen LogP contribution in [0.15, 0.2) is 0 Å². The minimum absolute atomic E-state index is 0.281. The van der Waals surface area contributed by atoms with Crippen LogP contribution in [0.5, 0.6) is 0 Å². The largest absolute Gasteiger partial charge is 0.370 e. The summed E-state index contributed by atoms with van der Waals surface area (Å²) in [5.74, 6) is 0.780. The van der Waals surface area contributed by atoms with Crippen molar-refractivity contribution in [2.24, 2.45) is 5.92 Å². The predicted molar refractivity (Wildman–Crippen MR) is 87.6 cm³/mol. The molecule has 3 heteroatoms. The summed E-state index contributed by atoms with van der Waals surface area (Å²) in [5, 5.41) is 3.58. The van der Waals surface area contributed by atoms with Gasteiger partial charge >= 0.3 is 0 Å². The maximum atomic E-state index is 6.59. The summed E-state index contributed by atoms with van der Waals surface area (Å²) in [5.41, 5.74) is 0.281. The summed E-state index contributed by atoms with van der Waals surface area (Å²) >= 11 is 0. The summed E-state index contributed by atoms with van der Waals surface area (Å²) in [4.78, 5) is 2.72. The normalized spacial score (nSPS) is 35.1. The third kappa shape index (κ3) is 3.62. The van der Waals surface area contributed by atoms with Gasteiger partial charge in [-0.25, -0.2) is 0 Å². The van der Waals surface area contributed by atoms with Gasteiger partial charge in [-0.15, -0.1) is 0 Å². The van der Waals surface area contributed by atoms with Crippen molar-refractivity contribution in [2.45, 2.75) is 83.0 Å². The molecule has 0 bridgehead atoms. The Kier molecular flexibility index (Phi) is 5.23. The van der Waals surface area contributed by atoms with Crippen LogP contribution in [-0.2, 0) is 4.74 Å². The van der Waals surface area contributed by atoms with Gasteiger partial charge in [-0.05, 0) is 31.6 Å². The van der Waals surface area contributed by atoms with Crippen LogP contribution in [0.2, 0.25) is 0 Å². The van der Waals surface area contributed by atoms with E-state index in [1.807, 2.05) is 0 Å². The van der Waals surface area contributed by atoms with Crippen LogP contribution in [0, 0.1) is 5.92 Å². The zero-order valence-electron chi connectivity index (χ0n) is 14.1. The molecule has 1 saturated carbocycles. The van der Waals surface area contributed by atoms with Gasteiger partial charge in [0.05, 0.1) is 11.7 Å². The zero-order valence-corrected chi connectivity index (χ0v) is 14.1. The molecule has 2 saturated heterocycles. The molecule has 1 N–H and O–H groups in total. The van der Waals surface area contributed by atoms with Crippen molar-refractivity contribution in [1.82, 2.24) is 10.2 Å². The van der Waals surface area contributed by atoms with Crippen LogP contribution in [-0.4, -0.2) is 48.8 Å². The van der Waals surface area contributed by atoms with Gasteiger partial charge < -0.3 is 10.1 Å². The first-order valence-electron chi connectivity index (χ1n) is 9.35. The molecule has 1 spiro atoms. The number of nitrogens with zero attached hydrogens (tertiary/aromatic N) is 1. The highest BCUT2D eigenvalue weighted by Crippen LogP contribution is 2.42. The summed E-state index contributed by atoms with van der Waals surface area (Å²) in [6.07, 6.45) is 11.2. The summed E-state index contributed by atoms with van der Waals surface area (Å²) < 4.78 is 6.59. The molecule has 0 amide bonds. The molecule has 1 aliphatic carbocycles. The van der Waals surface area contributed by atoms with Crippen LogP contribution < -0.4 is 5.32 Å². The molecule has 3 nitrogen and oxygen atoms in total. The molecule has 21 heavy (non-hydrogen) atoms. The minimum Gasteiger partial charge on any atom is -0.370 e. The second-order valence-electron chi connectivity index (χ2n) is 7.67. The summed E-state index contributed by atoms with van der Waals surface area (Å²) in [7, 11) is 0. The number of hydrogen-bond acceptors (Lipinski definition) is 3. The fourth-order valence-electron chi connectivity index (χ4n) is 4.68. The molecule has 3 rings (SSSR count). The van der Waals surface area contributed by atoms with Gasteiger partial charge in [-0.1, -0.05) is 39.5 Å². The van der Waals surface area contributed by atoms with Gasteiger partial charge in [-0.3, -0.25) is 4.90 Å². The Morgan fingerprint density at radius 2 is 2.05 bits per heavy atom. The fraction of sp³-hybridized carbons (Fsp3) is 1.00. The topological polar surface area (TPSA) is 24.5 Å². The van der Waals surface area contributed by atoms with Crippen LogP contribution >= 0.6 is 0 Å². The van der Waals surface area contributed by atoms with E-state index in [-0.39, 0.29) is 5.60 Å². The molecule has 2 aliphatic heterocycles. The Labute approximate surface area is 130 Å². The van der Waals surface area contributed by atoms with Crippen molar-refractivity contribution in [2.75, 3.05) is 26.2 Å². The Morgan fingerprint density at radius 3 is 2.81 bits per heavy atom. The molecular formula is C18H34N2O. The highest BCUT2D eigenvalue weighted by molar-refractivity contribution is 4.93. The molecule has 0 aromatic heterocycles. The smallest absolute Gasteiger partial charge is 0.0710 e. The third-order valence-corrected chi connectivity index (χ3v) is 6.24. The lowest BCUT2D eigenvalue weighted by Crippen LogP contribution is -2.55. The summed E-state index contributed by atoms with van der Waals surface area (Å²) in [6, 6.07) is 0.704. The van der Waals surface area contributed by atoms with Gasteiger partial charge in [0, 0.05) is 32.2 Å². The Hall–Kier alpha value is -0.120. The molecular weight excluding hydrogens is 260 g/mol. The van der Waals surface area contributed by atoms with Crippen molar-refractivity contribution < 1.29 is 4.74 Å². The molecule has 3 atom stereocenters. The number of nitrogens with one attached hydrogen (secondary N) is 1. The lowest BCUT2D eigenvalue weighted by molar-refractivity contribution is -0.0778. The minimum atomic E-state index is 0.281. The quantitative estimate of drug-likeness (QED) is 0.862. The van der Waals surface area contributed by atoms with Crippen LogP contribution in [0.4, 0.5) is 0 Å². The van der Waals surface area contributed by atoms with E-state index in [2.05, 4.69) is 24.1 Å². The van der Waals surface area contributed by atoms with E-state index in [1.54, 1.807) is 0 Å². The van der Waals surface area contributed by atoms with E-state index in [0.717, 1.165) is 19.0 Å². The highest BCUT2D eigenvalue weighted by atomic mass is 16.5. The molecule has 3 unspecified atom stereocenters. The molecule has 0 radical (unpaired) electrons. The van der Waals surface area contributed by atoms with Crippen LogP contribution in [0.3, 0.4) is 0 Å². The Bertz CT molecular complexity index is 327. The number of rotatable bonds is 4. The monoisotopic (exact) mass is 294 g/mol. The lowest BCUT2D eigenvalue weighted by atomic mass is 9.83. The molecule has 122 valence electrons. The first-order chi connectivity index (χ1) is 10.2. The van der Waals surface area contributed by atoms with E-state index in [1.165, 1.54) is 64.5 Å². The van der Waals surface area contributed by atoms with Crippen molar-refractivity contribution in [1.29, 1.82) is 0 Å². The Balaban J connectivity index is 1.55. The van der Waals surface area contributed by atoms with Crippen molar-refractivity contribution >= 4 is 0 Å². The highest BCUT2D eigenvalue weighted by Gasteiger charge is 2.42. The van der Waals surface area contributed by atoms with Crippen molar-refractivity contribution in [3.05, 3.63) is 0 Å². The summed E-state index contributed by atoms with van der Waals surface area (Å²) in [6.45, 7) is 9.39. The fourth-order valence-corrected chi connectivity index (χ4v) is 4.68. The van der Waals surface area contributed by atoms with Gasteiger partial charge in [0.1, 0.15) is 0 Å². The maximum absolute atomic E-state index is 6.59. The maximum Gasteiger partial charge on any atom is 0.0710 e. The van der Waals surface area contributed by atoms with E-state index < -0.39 is 0 Å². The van der Waals surface area contributed by atoms with Gasteiger partial charge in [0.15, 0.2) is 0 Å². The second kappa shape index (κ2) is 6.97.